The SMILES string of the molecule is CCOc1ccccc1-c1csc(C(C)=O)n1. The molecule has 2 aromatic rings. The fourth-order valence-electron chi connectivity index (χ4n) is 1.52. The van der Waals surface area contributed by atoms with Crippen LogP contribution in [0.25, 0.3) is 11.3 Å². The average Bonchev–Trinajstić information content (AvgIpc) is 2.79. The molecule has 0 aliphatic heterocycles. The van der Waals surface area contributed by atoms with Gasteiger partial charge in [0.2, 0.25) is 0 Å². The predicted octanol–water partition coefficient (Wildman–Crippen LogP) is 3.41. The van der Waals surface area contributed by atoms with Gasteiger partial charge in [-0.05, 0) is 19.1 Å². The van der Waals surface area contributed by atoms with E-state index in [1.165, 1.54) is 18.3 Å². The van der Waals surface area contributed by atoms with Gasteiger partial charge in [-0.25, -0.2) is 4.98 Å². The summed E-state index contributed by atoms with van der Waals surface area (Å²) in [5.41, 5.74) is 1.72. The summed E-state index contributed by atoms with van der Waals surface area (Å²) >= 11 is 1.36. The third-order valence-corrected chi connectivity index (χ3v) is 3.21. The van der Waals surface area contributed by atoms with Gasteiger partial charge >= 0.3 is 0 Å². The van der Waals surface area contributed by atoms with Crippen LogP contribution < -0.4 is 4.74 Å². The largest absolute Gasteiger partial charge is 0.493 e. The number of ketones is 1. The molecule has 3 nitrogen and oxygen atoms in total. The van der Waals surface area contributed by atoms with Crippen LogP contribution >= 0.6 is 11.3 Å². The summed E-state index contributed by atoms with van der Waals surface area (Å²) in [4.78, 5) is 15.5. The standard InChI is InChI=1S/C13H13NO2S/c1-3-16-12-7-5-4-6-10(12)11-8-17-13(14-11)9(2)15/h4-8H,3H2,1-2H3. The third-order valence-electron chi connectivity index (χ3n) is 2.27. The second-order valence-electron chi connectivity index (χ2n) is 3.52. The summed E-state index contributed by atoms with van der Waals surface area (Å²) in [5, 5.41) is 2.42. The highest BCUT2D eigenvalue weighted by atomic mass is 32.1. The molecule has 0 aliphatic carbocycles. The molecule has 0 radical (unpaired) electrons. The number of thiazole rings is 1. The number of Topliss-reactive ketones (excluding diaryl/α,β-unsaturated/α-hetero) is 1. The molecule has 1 aromatic carbocycles. The first-order valence-electron chi connectivity index (χ1n) is 5.41. The number of carbonyl (C=O) groups is 1. The van der Waals surface area contributed by atoms with E-state index in [1.807, 2.05) is 36.6 Å². The predicted molar refractivity (Wildman–Crippen MR) is 68.7 cm³/mol. The third kappa shape index (κ3) is 2.53. The summed E-state index contributed by atoms with van der Waals surface area (Å²) in [6, 6.07) is 7.72. The van der Waals surface area contributed by atoms with Crippen molar-refractivity contribution in [1.82, 2.24) is 4.98 Å². The molecule has 0 N–H and O–H groups in total. The van der Waals surface area contributed by atoms with E-state index in [-0.39, 0.29) is 5.78 Å². The monoisotopic (exact) mass is 247 g/mol. The lowest BCUT2D eigenvalue weighted by molar-refractivity contribution is 0.101. The van der Waals surface area contributed by atoms with Gasteiger partial charge in [-0.3, -0.25) is 4.79 Å². The van der Waals surface area contributed by atoms with Crippen LogP contribution in [0, 0.1) is 0 Å². The van der Waals surface area contributed by atoms with Crippen LogP contribution in [0.5, 0.6) is 5.75 Å². The minimum absolute atomic E-state index is 0.00450. The zero-order valence-electron chi connectivity index (χ0n) is 9.77. The number of aromatic nitrogens is 1. The Balaban J connectivity index is 2.41. The number of rotatable bonds is 4. The first-order chi connectivity index (χ1) is 8.22. The zero-order chi connectivity index (χ0) is 12.3. The van der Waals surface area contributed by atoms with Crippen molar-refractivity contribution in [3.05, 3.63) is 34.7 Å². The van der Waals surface area contributed by atoms with Crippen LogP contribution in [-0.4, -0.2) is 17.4 Å². The van der Waals surface area contributed by atoms with Gasteiger partial charge in [0, 0.05) is 17.9 Å². The van der Waals surface area contributed by atoms with Gasteiger partial charge in [0.25, 0.3) is 0 Å². The van der Waals surface area contributed by atoms with Gasteiger partial charge in [0.05, 0.1) is 12.3 Å². The number of para-hydroxylation sites is 1. The van der Waals surface area contributed by atoms with Crippen molar-refractivity contribution in [2.75, 3.05) is 6.61 Å². The Hall–Kier alpha value is -1.68. The molecule has 0 fully saturated rings. The molecule has 0 amide bonds. The van der Waals surface area contributed by atoms with Gasteiger partial charge in [0.1, 0.15) is 5.75 Å². The highest BCUT2D eigenvalue weighted by Crippen LogP contribution is 2.30. The molecule has 0 aliphatic rings. The van der Waals surface area contributed by atoms with E-state index in [9.17, 15) is 4.79 Å². The lowest BCUT2D eigenvalue weighted by atomic mass is 10.1. The minimum Gasteiger partial charge on any atom is -0.493 e. The van der Waals surface area contributed by atoms with Crippen LogP contribution in [0.1, 0.15) is 23.6 Å². The summed E-state index contributed by atoms with van der Waals surface area (Å²) in [6.45, 7) is 4.08. The summed E-state index contributed by atoms with van der Waals surface area (Å²) in [5.74, 6) is 0.797. The lowest BCUT2D eigenvalue weighted by Gasteiger charge is -2.07. The Bertz CT molecular complexity index is 534. The first-order valence-corrected chi connectivity index (χ1v) is 6.29. The van der Waals surface area contributed by atoms with Gasteiger partial charge < -0.3 is 4.74 Å². The Morgan fingerprint density at radius 3 is 2.82 bits per heavy atom. The summed E-state index contributed by atoms with van der Waals surface area (Å²) in [7, 11) is 0. The zero-order valence-corrected chi connectivity index (χ0v) is 10.6. The smallest absolute Gasteiger partial charge is 0.188 e. The molecule has 0 unspecified atom stereocenters. The molecule has 88 valence electrons. The van der Waals surface area contributed by atoms with Crippen LogP contribution in [0.4, 0.5) is 0 Å². The first kappa shape index (κ1) is 11.8. The molecule has 0 bridgehead atoms. The normalized spacial score (nSPS) is 10.2. The van der Waals surface area contributed by atoms with Crippen molar-refractivity contribution in [1.29, 1.82) is 0 Å². The summed E-state index contributed by atoms with van der Waals surface area (Å²) in [6.07, 6.45) is 0. The average molecular weight is 247 g/mol. The Kier molecular flexibility index (Phi) is 3.54. The quantitative estimate of drug-likeness (QED) is 0.777. The Morgan fingerprint density at radius 2 is 2.18 bits per heavy atom. The molecule has 17 heavy (non-hydrogen) atoms. The molecule has 0 atom stereocenters. The van der Waals surface area contributed by atoms with Gasteiger partial charge in [0.15, 0.2) is 10.8 Å². The molecular weight excluding hydrogens is 234 g/mol. The van der Waals surface area contributed by atoms with E-state index in [0.29, 0.717) is 11.6 Å². The molecule has 2 rings (SSSR count). The Labute approximate surface area is 104 Å². The van der Waals surface area contributed by atoms with Crippen LogP contribution in [-0.2, 0) is 0 Å². The second-order valence-corrected chi connectivity index (χ2v) is 4.38. The van der Waals surface area contributed by atoms with Gasteiger partial charge in [-0.15, -0.1) is 11.3 Å². The van der Waals surface area contributed by atoms with E-state index in [2.05, 4.69) is 4.98 Å². The maximum atomic E-state index is 11.2. The van der Waals surface area contributed by atoms with E-state index in [0.717, 1.165) is 17.0 Å². The van der Waals surface area contributed by atoms with E-state index >= 15 is 0 Å². The van der Waals surface area contributed by atoms with E-state index in [1.54, 1.807) is 0 Å². The topological polar surface area (TPSA) is 39.2 Å². The number of carbonyl (C=O) groups excluding carboxylic acids is 1. The van der Waals surface area contributed by atoms with Crippen molar-refractivity contribution >= 4 is 17.1 Å². The molecule has 0 spiro atoms. The molecular formula is C13H13NO2S. The van der Waals surface area contributed by atoms with Crippen LogP contribution in [0.2, 0.25) is 0 Å². The maximum absolute atomic E-state index is 11.2. The van der Waals surface area contributed by atoms with Crippen molar-refractivity contribution in [3.8, 4) is 17.0 Å². The number of nitrogens with zero attached hydrogens (tertiary/aromatic N) is 1. The van der Waals surface area contributed by atoms with Crippen molar-refractivity contribution in [2.45, 2.75) is 13.8 Å². The van der Waals surface area contributed by atoms with Gasteiger partial charge in [-0.2, -0.15) is 0 Å². The fourth-order valence-corrected chi connectivity index (χ4v) is 2.24. The van der Waals surface area contributed by atoms with E-state index < -0.39 is 0 Å². The van der Waals surface area contributed by atoms with E-state index in [4.69, 9.17) is 4.74 Å². The highest BCUT2D eigenvalue weighted by Gasteiger charge is 2.11. The maximum Gasteiger partial charge on any atom is 0.188 e. The number of hydrogen-bond donors (Lipinski definition) is 0. The second kappa shape index (κ2) is 5.10. The van der Waals surface area contributed by atoms with Crippen molar-refractivity contribution in [2.24, 2.45) is 0 Å². The van der Waals surface area contributed by atoms with Crippen molar-refractivity contribution < 1.29 is 9.53 Å². The molecule has 0 saturated carbocycles. The minimum atomic E-state index is -0.00450. The summed E-state index contributed by atoms with van der Waals surface area (Å²) < 4.78 is 5.54. The number of hydrogen-bond acceptors (Lipinski definition) is 4. The molecule has 4 heteroatoms. The molecule has 1 aromatic heterocycles. The lowest BCUT2D eigenvalue weighted by Crippen LogP contribution is -1.94. The molecule has 0 saturated heterocycles. The van der Waals surface area contributed by atoms with Gasteiger partial charge in [-0.1, -0.05) is 12.1 Å². The fraction of sp³-hybridized carbons (Fsp3) is 0.231. The molecule has 1 heterocycles. The highest BCUT2D eigenvalue weighted by molar-refractivity contribution is 7.12. The van der Waals surface area contributed by atoms with Crippen LogP contribution in [0.15, 0.2) is 29.6 Å². The van der Waals surface area contributed by atoms with Crippen molar-refractivity contribution in [3.63, 3.8) is 0 Å². The number of benzene rings is 1. The Morgan fingerprint density at radius 1 is 1.41 bits per heavy atom. The van der Waals surface area contributed by atoms with Crippen LogP contribution in [0.3, 0.4) is 0 Å². The number of ether oxygens (including phenoxy) is 1.